The Kier molecular flexibility index (Phi) is 2.74. The van der Waals surface area contributed by atoms with Crippen LogP contribution in [0.1, 0.15) is 24.8 Å². The van der Waals surface area contributed by atoms with Crippen LogP contribution in [0.25, 0.3) is 0 Å². The first-order valence-electron chi connectivity index (χ1n) is 5.35. The van der Waals surface area contributed by atoms with Gasteiger partial charge in [0.05, 0.1) is 6.07 Å². The lowest BCUT2D eigenvalue weighted by Crippen LogP contribution is -2.26. The summed E-state index contributed by atoms with van der Waals surface area (Å²) in [5.74, 6) is -0.324. The van der Waals surface area contributed by atoms with E-state index in [0.717, 1.165) is 12.0 Å². The molecule has 2 rings (SSSR count). The summed E-state index contributed by atoms with van der Waals surface area (Å²) in [6, 6.07) is 8.24. The van der Waals surface area contributed by atoms with Crippen molar-refractivity contribution in [3.8, 4) is 6.07 Å². The zero-order valence-corrected chi connectivity index (χ0v) is 8.87. The Morgan fingerprint density at radius 3 is 2.88 bits per heavy atom. The third-order valence-corrected chi connectivity index (χ3v) is 3.15. The first kappa shape index (κ1) is 10.8. The molecule has 0 bridgehead atoms. The lowest BCUT2D eigenvalue weighted by molar-refractivity contribution is -0.123. The summed E-state index contributed by atoms with van der Waals surface area (Å²) in [5, 5.41) is 9.15. The first-order chi connectivity index (χ1) is 7.66. The molecular formula is C13H12FNO. The third-order valence-electron chi connectivity index (χ3n) is 3.15. The van der Waals surface area contributed by atoms with Gasteiger partial charge >= 0.3 is 0 Å². The van der Waals surface area contributed by atoms with Crippen LogP contribution < -0.4 is 0 Å². The molecule has 0 heterocycles. The molecule has 82 valence electrons. The zero-order chi connectivity index (χ0) is 11.6. The minimum absolute atomic E-state index is 0.000684. The van der Waals surface area contributed by atoms with Crippen molar-refractivity contribution in [1.82, 2.24) is 0 Å². The molecule has 0 saturated heterocycles. The van der Waals surface area contributed by atoms with Gasteiger partial charge in [-0.15, -0.1) is 0 Å². The van der Waals surface area contributed by atoms with Crippen molar-refractivity contribution >= 4 is 5.78 Å². The van der Waals surface area contributed by atoms with E-state index < -0.39 is 5.41 Å². The summed E-state index contributed by atoms with van der Waals surface area (Å²) < 4.78 is 13.0. The first-order valence-corrected chi connectivity index (χ1v) is 5.35. The number of nitriles is 1. The topological polar surface area (TPSA) is 40.9 Å². The van der Waals surface area contributed by atoms with Gasteiger partial charge in [-0.25, -0.2) is 4.39 Å². The quantitative estimate of drug-likeness (QED) is 0.764. The van der Waals surface area contributed by atoms with Crippen LogP contribution in [-0.4, -0.2) is 5.78 Å². The predicted octanol–water partition coefficient (Wildman–Crippen LogP) is 2.63. The van der Waals surface area contributed by atoms with Crippen LogP contribution >= 0.6 is 0 Å². The molecule has 1 saturated carbocycles. The van der Waals surface area contributed by atoms with Crippen molar-refractivity contribution < 1.29 is 9.18 Å². The van der Waals surface area contributed by atoms with Gasteiger partial charge in [-0.2, -0.15) is 5.26 Å². The molecule has 0 aliphatic heterocycles. The summed E-state index contributed by atoms with van der Waals surface area (Å²) in [7, 11) is 0. The predicted molar refractivity (Wildman–Crippen MR) is 57.0 cm³/mol. The van der Waals surface area contributed by atoms with Crippen LogP contribution in [0, 0.1) is 22.6 Å². The highest BCUT2D eigenvalue weighted by Gasteiger charge is 2.42. The maximum atomic E-state index is 13.0. The Morgan fingerprint density at radius 1 is 1.50 bits per heavy atom. The van der Waals surface area contributed by atoms with Crippen molar-refractivity contribution in [2.75, 3.05) is 0 Å². The Labute approximate surface area is 93.7 Å². The van der Waals surface area contributed by atoms with Gasteiger partial charge in [-0.05, 0) is 37.0 Å². The molecular weight excluding hydrogens is 205 g/mol. The summed E-state index contributed by atoms with van der Waals surface area (Å²) in [6.45, 7) is 0. The van der Waals surface area contributed by atoms with E-state index in [1.807, 2.05) is 0 Å². The lowest BCUT2D eigenvalue weighted by atomic mass is 9.81. The number of halogens is 1. The van der Waals surface area contributed by atoms with Crippen molar-refractivity contribution in [1.29, 1.82) is 5.26 Å². The number of benzene rings is 1. The second-order valence-electron chi connectivity index (χ2n) is 4.28. The van der Waals surface area contributed by atoms with E-state index in [9.17, 15) is 9.18 Å². The molecule has 0 N–H and O–H groups in total. The number of carbonyl (C=O) groups excluding carboxylic acids is 1. The van der Waals surface area contributed by atoms with Crippen molar-refractivity contribution in [3.05, 3.63) is 35.6 Å². The smallest absolute Gasteiger partial charge is 0.153 e. The van der Waals surface area contributed by atoms with E-state index in [1.54, 1.807) is 12.1 Å². The highest BCUT2D eigenvalue weighted by molar-refractivity contribution is 5.89. The number of carbonyl (C=O) groups is 1. The molecule has 16 heavy (non-hydrogen) atoms. The van der Waals surface area contributed by atoms with Gasteiger partial charge in [0.25, 0.3) is 0 Å². The minimum Gasteiger partial charge on any atom is -0.298 e. The van der Waals surface area contributed by atoms with Gasteiger partial charge < -0.3 is 0 Å². The molecule has 0 radical (unpaired) electrons. The van der Waals surface area contributed by atoms with Gasteiger partial charge in [0.2, 0.25) is 0 Å². The fraction of sp³-hybridized carbons (Fsp3) is 0.385. The van der Waals surface area contributed by atoms with Crippen LogP contribution in [0.3, 0.4) is 0 Å². The maximum absolute atomic E-state index is 13.0. The van der Waals surface area contributed by atoms with Gasteiger partial charge in [0.15, 0.2) is 5.78 Å². The Bertz CT molecular complexity index is 463. The van der Waals surface area contributed by atoms with Crippen molar-refractivity contribution in [3.63, 3.8) is 0 Å². The SMILES string of the molecule is N#CC1(Cc2cccc(F)c2)CCCC1=O. The normalized spacial score (nSPS) is 24.4. The number of hydrogen-bond acceptors (Lipinski definition) is 2. The molecule has 1 atom stereocenters. The summed E-state index contributed by atoms with van der Waals surface area (Å²) in [6.07, 6.45) is 2.17. The molecule has 1 fully saturated rings. The van der Waals surface area contributed by atoms with Crippen LogP contribution in [0.4, 0.5) is 4.39 Å². The Morgan fingerprint density at radius 2 is 2.31 bits per heavy atom. The number of hydrogen-bond donors (Lipinski definition) is 0. The van der Waals surface area contributed by atoms with Gasteiger partial charge in [0.1, 0.15) is 11.2 Å². The number of nitrogens with zero attached hydrogens (tertiary/aromatic N) is 1. The number of ketones is 1. The molecule has 1 aliphatic rings. The average Bonchev–Trinajstić information content (AvgIpc) is 2.61. The maximum Gasteiger partial charge on any atom is 0.153 e. The van der Waals surface area contributed by atoms with E-state index in [2.05, 4.69) is 6.07 Å². The largest absolute Gasteiger partial charge is 0.298 e. The van der Waals surface area contributed by atoms with E-state index >= 15 is 0 Å². The molecule has 1 unspecified atom stereocenters. The Balaban J connectivity index is 2.26. The van der Waals surface area contributed by atoms with Crippen molar-refractivity contribution in [2.24, 2.45) is 5.41 Å². The Hall–Kier alpha value is -1.69. The second kappa shape index (κ2) is 4.05. The minimum atomic E-state index is -0.909. The zero-order valence-electron chi connectivity index (χ0n) is 8.87. The molecule has 1 aromatic rings. The third kappa shape index (κ3) is 1.83. The molecule has 3 heteroatoms. The van der Waals surface area contributed by atoms with E-state index in [0.29, 0.717) is 19.3 Å². The monoisotopic (exact) mass is 217 g/mol. The highest BCUT2D eigenvalue weighted by atomic mass is 19.1. The highest BCUT2D eigenvalue weighted by Crippen LogP contribution is 2.37. The average molecular weight is 217 g/mol. The van der Waals surface area contributed by atoms with Crippen LogP contribution in [0.15, 0.2) is 24.3 Å². The fourth-order valence-electron chi connectivity index (χ4n) is 2.27. The van der Waals surface area contributed by atoms with Crippen molar-refractivity contribution in [2.45, 2.75) is 25.7 Å². The van der Waals surface area contributed by atoms with Gasteiger partial charge in [0, 0.05) is 6.42 Å². The van der Waals surface area contributed by atoms with E-state index in [-0.39, 0.29) is 11.6 Å². The van der Waals surface area contributed by atoms with E-state index in [4.69, 9.17) is 5.26 Å². The van der Waals surface area contributed by atoms with Gasteiger partial charge in [-0.3, -0.25) is 4.79 Å². The second-order valence-corrected chi connectivity index (χ2v) is 4.28. The van der Waals surface area contributed by atoms with Crippen LogP contribution in [0.2, 0.25) is 0 Å². The molecule has 1 aromatic carbocycles. The number of Topliss-reactive ketones (excluding diaryl/α,β-unsaturated/α-hetero) is 1. The number of rotatable bonds is 2. The molecule has 0 spiro atoms. The summed E-state index contributed by atoms with van der Waals surface area (Å²) in [5.41, 5.74) is -0.190. The molecule has 2 nitrogen and oxygen atoms in total. The lowest BCUT2D eigenvalue weighted by Gasteiger charge is -2.18. The summed E-state index contributed by atoms with van der Waals surface area (Å²) >= 11 is 0. The summed E-state index contributed by atoms with van der Waals surface area (Å²) in [4.78, 5) is 11.7. The van der Waals surface area contributed by atoms with Gasteiger partial charge in [-0.1, -0.05) is 12.1 Å². The molecule has 0 aromatic heterocycles. The van der Waals surface area contributed by atoms with Crippen LogP contribution in [0.5, 0.6) is 0 Å². The molecule has 1 aliphatic carbocycles. The van der Waals surface area contributed by atoms with E-state index in [1.165, 1.54) is 12.1 Å². The molecule has 0 amide bonds. The standard InChI is InChI=1S/C13H12FNO/c14-11-4-1-3-10(7-11)8-13(9-15)6-2-5-12(13)16/h1,3-4,7H,2,5-6,8H2. The van der Waals surface area contributed by atoms with Crippen LogP contribution in [-0.2, 0) is 11.2 Å². The fourth-order valence-corrected chi connectivity index (χ4v) is 2.27.